The van der Waals surface area contributed by atoms with Crippen LogP contribution in [0.1, 0.15) is 12.1 Å². The third kappa shape index (κ3) is 1.77. The molecular formula is C6H6F2N2O2. The molecule has 0 aliphatic heterocycles. The molecule has 0 unspecified atom stereocenters. The van der Waals surface area contributed by atoms with Crippen molar-refractivity contribution in [3.05, 3.63) is 18.2 Å². The summed E-state index contributed by atoms with van der Waals surface area (Å²) in [6.45, 7) is 0. The molecule has 0 saturated heterocycles. The summed E-state index contributed by atoms with van der Waals surface area (Å²) in [5.41, 5.74) is -0.482. The number of nitrogens with one attached hydrogen (secondary N) is 1. The normalized spacial score (nSPS) is 11.5. The molecule has 66 valence electrons. The van der Waals surface area contributed by atoms with Crippen LogP contribution in [0.25, 0.3) is 0 Å². The minimum absolute atomic E-state index is 0.482. The highest BCUT2D eigenvalue weighted by molar-refractivity contribution is 5.68. The van der Waals surface area contributed by atoms with E-state index in [1.165, 1.54) is 0 Å². The molecule has 12 heavy (non-hydrogen) atoms. The van der Waals surface area contributed by atoms with Crippen LogP contribution in [0.4, 0.5) is 8.78 Å². The van der Waals surface area contributed by atoms with Gasteiger partial charge in [0.25, 0.3) is 5.92 Å². The number of halogens is 2. The fourth-order valence-electron chi connectivity index (χ4n) is 0.741. The number of hydrogen-bond donors (Lipinski definition) is 2. The molecule has 4 nitrogen and oxygen atoms in total. The monoisotopic (exact) mass is 176 g/mol. The zero-order valence-corrected chi connectivity index (χ0v) is 5.92. The minimum Gasteiger partial charge on any atom is -0.481 e. The zero-order chi connectivity index (χ0) is 9.19. The highest BCUT2D eigenvalue weighted by Gasteiger charge is 2.35. The standard InChI is InChI=1S/C6H6F2N2O2/c7-6(8,1-5(11)12)4-2-9-3-10-4/h2-3H,1H2,(H,9,10)(H,11,12). The van der Waals surface area contributed by atoms with Crippen molar-refractivity contribution in [3.8, 4) is 0 Å². The van der Waals surface area contributed by atoms with Crippen LogP contribution in [-0.2, 0) is 10.7 Å². The third-order valence-corrected chi connectivity index (χ3v) is 1.27. The van der Waals surface area contributed by atoms with Gasteiger partial charge in [0.05, 0.1) is 12.5 Å². The number of carboxylic acid groups (broad SMARTS) is 1. The molecule has 0 spiro atoms. The molecule has 0 atom stereocenters. The molecule has 2 N–H and O–H groups in total. The van der Waals surface area contributed by atoms with Crippen LogP contribution in [0.5, 0.6) is 0 Å². The van der Waals surface area contributed by atoms with Crippen LogP contribution in [0.3, 0.4) is 0 Å². The van der Waals surface area contributed by atoms with E-state index in [4.69, 9.17) is 5.11 Å². The molecule has 0 aromatic carbocycles. The van der Waals surface area contributed by atoms with E-state index in [0.717, 1.165) is 12.5 Å². The van der Waals surface area contributed by atoms with E-state index in [1.807, 2.05) is 0 Å². The molecule has 0 amide bonds. The van der Waals surface area contributed by atoms with Crippen molar-refractivity contribution < 1.29 is 18.7 Å². The van der Waals surface area contributed by atoms with Crippen LogP contribution < -0.4 is 0 Å². The molecular weight excluding hydrogens is 170 g/mol. The lowest BCUT2D eigenvalue weighted by molar-refractivity contribution is -0.145. The van der Waals surface area contributed by atoms with Crippen molar-refractivity contribution in [2.45, 2.75) is 12.3 Å². The van der Waals surface area contributed by atoms with Gasteiger partial charge in [-0.2, -0.15) is 8.78 Å². The predicted octanol–water partition coefficient (Wildman–Crippen LogP) is 0.976. The quantitative estimate of drug-likeness (QED) is 0.721. The van der Waals surface area contributed by atoms with Crippen molar-refractivity contribution in [3.63, 3.8) is 0 Å². The maximum atomic E-state index is 12.8. The van der Waals surface area contributed by atoms with Crippen molar-refractivity contribution in [1.82, 2.24) is 9.97 Å². The van der Waals surface area contributed by atoms with Crippen molar-refractivity contribution >= 4 is 5.97 Å². The molecule has 0 bridgehead atoms. The van der Waals surface area contributed by atoms with Crippen LogP contribution in [0.15, 0.2) is 12.5 Å². The Morgan fingerprint density at radius 3 is 2.83 bits per heavy atom. The first-order chi connectivity index (χ1) is 5.52. The molecule has 1 rings (SSSR count). The molecule has 1 aromatic rings. The summed E-state index contributed by atoms with van der Waals surface area (Å²) >= 11 is 0. The van der Waals surface area contributed by atoms with Gasteiger partial charge in [-0.25, -0.2) is 4.98 Å². The summed E-state index contributed by atoms with van der Waals surface area (Å²) < 4.78 is 25.6. The highest BCUT2D eigenvalue weighted by Crippen LogP contribution is 2.29. The van der Waals surface area contributed by atoms with Gasteiger partial charge in [-0.1, -0.05) is 0 Å². The number of carbonyl (C=O) groups is 1. The van der Waals surface area contributed by atoms with Gasteiger partial charge in [0.15, 0.2) is 0 Å². The number of imidazole rings is 1. The van der Waals surface area contributed by atoms with E-state index in [2.05, 4.69) is 9.97 Å². The first kappa shape index (κ1) is 8.63. The molecule has 6 heteroatoms. The summed E-state index contributed by atoms with van der Waals surface area (Å²) in [6, 6.07) is 0. The number of H-pyrrole nitrogens is 1. The lowest BCUT2D eigenvalue weighted by Crippen LogP contribution is -2.18. The maximum Gasteiger partial charge on any atom is 0.309 e. The number of alkyl halides is 2. The Bertz CT molecular complexity index is 271. The van der Waals surface area contributed by atoms with E-state index < -0.39 is 24.0 Å². The Kier molecular flexibility index (Phi) is 2.07. The molecule has 0 aliphatic rings. The number of aromatic nitrogens is 2. The Morgan fingerprint density at radius 1 is 1.75 bits per heavy atom. The maximum absolute atomic E-state index is 12.8. The molecule has 0 saturated carbocycles. The first-order valence-corrected chi connectivity index (χ1v) is 3.11. The zero-order valence-electron chi connectivity index (χ0n) is 5.92. The fourth-order valence-corrected chi connectivity index (χ4v) is 0.741. The lowest BCUT2D eigenvalue weighted by atomic mass is 10.2. The smallest absolute Gasteiger partial charge is 0.309 e. The van der Waals surface area contributed by atoms with Gasteiger partial charge >= 0.3 is 5.97 Å². The number of nitrogens with zero attached hydrogens (tertiary/aromatic N) is 1. The van der Waals surface area contributed by atoms with Gasteiger partial charge in [-0.3, -0.25) is 4.79 Å². The SMILES string of the molecule is O=C(O)CC(F)(F)c1cnc[nH]1. The fraction of sp³-hybridized carbons (Fsp3) is 0.333. The Balaban J connectivity index is 2.79. The second-order valence-corrected chi connectivity index (χ2v) is 2.24. The minimum atomic E-state index is -3.37. The Morgan fingerprint density at radius 2 is 2.42 bits per heavy atom. The number of aliphatic carboxylic acids is 1. The van der Waals surface area contributed by atoms with Gasteiger partial charge < -0.3 is 10.1 Å². The number of aromatic amines is 1. The number of rotatable bonds is 3. The predicted molar refractivity (Wildman–Crippen MR) is 34.7 cm³/mol. The summed E-state index contributed by atoms with van der Waals surface area (Å²) in [5.74, 6) is -4.92. The second-order valence-electron chi connectivity index (χ2n) is 2.24. The van der Waals surface area contributed by atoms with Crippen LogP contribution in [-0.4, -0.2) is 21.0 Å². The van der Waals surface area contributed by atoms with E-state index in [9.17, 15) is 13.6 Å². The van der Waals surface area contributed by atoms with Gasteiger partial charge in [0, 0.05) is 0 Å². The largest absolute Gasteiger partial charge is 0.481 e. The van der Waals surface area contributed by atoms with Gasteiger partial charge in [-0.15, -0.1) is 0 Å². The highest BCUT2D eigenvalue weighted by atomic mass is 19.3. The summed E-state index contributed by atoms with van der Waals surface area (Å²) in [4.78, 5) is 15.5. The van der Waals surface area contributed by atoms with Crippen molar-refractivity contribution in [2.75, 3.05) is 0 Å². The Labute approximate surface area is 66.2 Å². The average Bonchev–Trinajstić information content (AvgIpc) is 2.32. The van der Waals surface area contributed by atoms with E-state index in [0.29, 0.717) is 0 Å². The third-order valence-electron chi connectivity index (χ3n) is 1.27. The molecule has 1 heterocycles. The molecule has 0 radical (unpaired) electrons. The van der Waals surface area contributed by atoms with E-state index in [-0.39, 0.29) is 0 Å². The second kappa shape index (κ2) is 2.88. The average molecular weight is 176 g/mol. The summed E-state index contributed by atoms with van der Waals surface area (Å²) in [5, 5.41) is 8.13. The van der Waals surface area contributed by atoms with Crippen LogP contribution >= 0.6 is 0 Å². The number of hydrogen-bond acceptors (Lipinski definition) is 2. The van der Waals surface area contributed by atoms with Crippen LogP contribution in [0.2, 0.25) is 0 Å². The molecule has 0 aliphatic carbocycles. The molecule has 0 fully saturated rings. The van der Waals surface area contributed by atoms with Crippen LogP contribution in [0, 0.1) is 0 Å². The topological polar surface area (TPSA) is 66.0 Å². The van der Waals surface area contributed by atoms with Gasteiger partial charge in [0.1, 0.15) is 12.1 Å². The van der Waals surface area contributed by atoms with E-state index >= 15 is 0 Å². The number of carboxylic acids is 1. The summed E-state index contributed by atoms with van der Waals surface area (Å²) in [6.07, 6.45) is 0.753. The lowest BCUT2D eigenvalue weighted by Gasteiger charge is -2.10. The van der Waals surface area contributed by atoms with Gasteiger partial charge in [-0.05, 0) is 0 Å². The van der Waals surface area contributed by atoms with Crippen molar-refractivity contribution in [1.29, 1.82) is 0 Å². The first-order valence-electron chi connectivity index (χ1n) is 3.11. The Hall–Kier alpha value is -1.46. The molecule has 1 aromatic heterocycles. The van der Waals surface area contributed by atoms with Crippen molar-refractivity contribution in [2.24, 2.45) is 0 Å². The summed E-state index contributed by atoms with van der Waals surface area (Å²) in [7, 11) is 0. The van der Waals surface area contributed by atoms with E-state index in [1.54, 1.807) is 0 Å². The van der Waals surface area contributed by atoms with Gasteiger partial charge in [0.2, 0.25) is 0 Å².